The highest BCUT2D eigenvalue weighted by Gasteiger charge is 2.35. The van der Waals surface area contributed by atoms with Gasteiger partial charge in [0.25, 0.3) is 11.2 Å². The third-order valence-electron chi connectivity index (χ3n) is 6.26. The summed E-state index contributed by atoms with van der Waals surface area (Å²) in [5, 5.41) is 18.2. The third kappa shape index (κ3) is 4.22. The first kappa shape index (κ1) is 23.6. The first-order valence-electron chi connectivity index (χ1n) is 11.4. The minimum Gasteiger partial charge on any atom is -0.321 e. The van der Waals surface area contributed by atoms with E-state index in [0.717, 1.165) is 21.0 Å². The summed E-state index contributed by atoms with van der Waals surface area (Å²) in [6.45, 7) is 1.73. The van der Waals surface area contributed by atoms with E-state index >= 15 is 0 Å². The Morgan fingerprint density at radius 1 is 1.11 bits per heavy atom. The van der Waals surface area contributed by atoms with Gasteiger partial charge in [-0.1, -0.05) is 65.3 Å². The minimum atomic E-state index is -0.562. The molecule has 0 radical (unpaired) electrons. The molecule has 1 amide bonds. The van der Waals surface area contributed by atoms with Crippen molar-refractivity contribution in [1.82, 2.24) is 9.99 Å². The molecule has 0 saturated carbocycles. The number of aromatic amines is 1. The van der Waals surface area contributed by atoms with Gasteiger partial charge in [0.15, 0.2) is 0 Å². The molecule has 9 heteroatoms. The van der Waals surface area contributed by atoms with Gasteiger partial charge < -0.3 is 4.98 Å². The van der Waals surface area contributed by atoms with Crippen LogP contribution < -0.4 is 5.56 Å². The Morgan fingerprint density at radius 2 is 1.89 bits per heavy atom. The average Bonchev–Trinajstić information content (AvgIpc) is 3.33. The highest BCUT2D eigenvalue weighted by atomic mass is 79.9. The van der Waals surface area contributed by atoms with Gasteiger partial charge in [-0.3, -0.25) is 19.7 Å². The second kappa shape index (κ2) is 9.50. The predicted octanol–water partition coefficient (Wildman–Crippen LogP) is 5.95. The number of rotatable bonds is 5. The lowest BCUT2D eigenvalue weighted by molar-refractivity contribution is -0.384. The van der Waals surface area contributed by atoms with Gasteiger partial charge in [0.1, 0.15) is 0 Å². The van der Waals surface area contributed by atoms with Crippen LogP contribution in [0.3, 0.4) is 0 Å². The average molecular weight is 545 g/mol. The number of fused-ring (bicyclic) bond motifs is 1. The number of nitrogens with one attached hydrogen (secondary N) is 1. The van der Waals surface area contributed by atoms with Gasteiger partial charge >= 0.3 is 0 Å². The number of hydrogen-bond acceptors (Lipinski definition) is 5. The fourth-order valence-corrected chi connectivity index (χ4v) is 4.96. The summed E-state index contributed by atoms with van der Waals surface area (Å²) in [6, 6.07) is 20.9. The van der Waals surface area contributed by atoms with Gasteiger partial charge in [-0.2, -0.15) is 5.10 Å². The highest BCUT2D eigenvalue weighted by molar-refractivity contribution is 9.10. The van der Waals surface area contributed by atoms with Crippen LogP contribution in [0.25, 0.3) is 22.0 Å². The van der Waals surface area contributed by atoms with E-state index in [0.29, 0.717) is 22.4 Å². The van der Waals surface area contributed by atoms with E-state index < -0.39 is 11.0 Å². The van der Waals surface area contributed by atoms with Crippen molar-refractivity contribution in [3.05, 3.63) is 109 Å². The van der Waals surface area contributed by atoms with E-state index in [1.807, 2.05) is 48.5 Å². The number of non-ortho nitro benzene ring substituents is 1. The van der Waals surface area contributed by atoms with Crippen LogP contribution in [0, 0.1) is 10.1 Å². The van der Waals surface area contributed by atoms with E-state index in [9.17, 15) is 19.7 Å². The molecule has 1 atom stereocenters. The number of benzene rings is 3. The molecule has 4 aromatic rings. The molecular weight excluding hydrogens is 524 g/mol. The first-order valence-corrected chi connectivity index (χ1v) is 12.2. The lowest BCUT2D eigenvalue weighted by Gasteiger charge is -2.21. The summed E-state index contributed by atoms with van der Waals surface area (Å²) >= 11 is 3.53. The number of nitro benzene ring substituents is 1. The highest BCUT2D eigenvalue weighted by Crippen LogP contribution is 2.38. The summed E-state index contributed by atoms with van der Waals surface area (Å²) in [5.41, 5.74) is 3.29. The molecule has 8 nitrogen and oxygen atoms in total. The normalized spacial score (nSPS) is 15.2. The molecule has 1 aliphatic rings. The Morgan fingerprint density at radius 3 is 2.61 bits per heavy atom. The number of halogens is 1. The van der Waals surface area contributed by atoms with Gasteiger partial charge in [-0.25, -0.2) is 5.01 Å². The molecule has 36 heavy (non-hydrogen) atoms. The van der Waals surface area contributed by atoms with Gasteiger partial charge in [-0.15, -0.1) is 0 Å². The molecule has 0 bridgehead atoms. The summed E-state index contributed by atoms with van der Waals surface area (Å²) in [6.07, 6.45) is 0.449. The fraction of sp³-hybridized carbons (Fsp3) is 0.148. The van der Waals surface area contributed by atoms with Crippen LogP contribution in [0.15, 0.2) is 87.2 Å². The van der Waals surface area contributed by atoms with Crippen LogP contribution in [-0.2, 0) is 4.79 Å². The molecule has 0 saturated heterocycles. The second-order valence-electron chi connectivity index (χ2n) is 8.47. The number of nitro groups is 1. The second-order valence-corrected chi connectivity index (χ2v) is 9.39. The maximum Gasteiger partial charge on any atom is 0.269 e. The third-order valence-corrected chi connectivity index (χ3v) is 6.75. The van der Waals surface area contributed by atoms with Gasteiger partial charge in [0.2, 0.25) is 5.91 Å². The number of carbonyl (C=O) groups excluding carboxylic acids is 1. The SMILES string of the molecule is CCC(=O)N1N=C(c2c(-c3ccccc3)c3cc(Br)ccc3[nH]c2=O)CC1c1cccc([N+](=O)[O-])c1. The number of pyridine rings is 1. The molecular formula is C27H21BrN4O4. The molecule has 0 fully saturated rings. The van der Waals surface area contributed by atoms with Crippen molar-refractivity contribution in [2.45, 2.75) is 25.8 Å². The minimum absolute atomic E-state index is 0.0665. The van der Waals surface area contributed by atoms with Gasteiger partial charge in [0.05, 0.1) is 22.2 Å². The zero-order chi connectivity index (χ0) is 25.4. The summed E-state index contributed by atoms with van der Waals surface area (Å²) in [7, 11) is 0. The van der Waals surface area contributed by atoms with Crippen molar-refractivity contribution >= 4 is 44.1 Å². The van der Waals surface area contributed by atoms with Crippen molar-refractivity contribution in [3.63, 3.8) is 0 Å². The van der Waals surface area contributed by atoms with E-state index in [2.05, 4.69) is 26.0 Å². The molecule has 5 rings (SSSR count). The Balaban J connectivity index is 1.73. The van der Waals surface area contributed by atoms with Crippen molar-refractivity contribution < 1.29 is 9.72 Å². The van der Waals surface area contributed by atoms with Crippen LogP contribution >= 0.6 is 15.9 Å². The smallest absolute Gasteiger partial charge is 0.269 e. The van der Waals surface area contributed by atoms with E-state index in [1.165, 1.54) is 17.1 Å². The Kier molecular flexibility index (Phi) is 6.24. The van der Waals surface area contributed by atoms with Crippen LogP contribution in [-0.4, -0.2) is 26.5 Å². The summed E-state index contributed by atoms with van der Waals surface area (Å²) < 4.78 is 0.857. The summed E-state index contributed by atoms with van der Waals surface area (Å²) in [5.74, 6) is -0.234. The molecule has 0 spiro atoms. The summed E-state index contributed by atoms with van der Waals surface area (Å²) in [4.78, 5) is 40.2. The van der Waals surface area contributed by atoms with Crippen molar-refractivity contribution in [2.75, 3.05) is 0 Å². The predicted molar refractivity (Wildman–Crippen MR) is 142 cm³/mol. The largest absolute Gasteiger partial charge is 0.321 e. The molecule has 2 heterocycles. The Hall–Kier alpha value is -4.11. The molecule has 1 aliphatic heterocycles. The molecule has 3 aromatic carbocycles. The van der Waals surface area contributed by atoms with Crippen LogP contribution in [0.4, 0.5) is 5.69 Å². The molecule has 1 N–H and O–H groups in total. The zero-order valence-corrected chi connectivity index (χ0v) is 20.9. The van der Waals surface area contributed by atoms with E-state index in [-0.39, 0.29) is 30.0 Å². The molecule has 0 aliphatic carbocycles. The first-order chi connectivity index (χ1) is 17.4. The number of aromatic nitrogens is 1. The fourth-order valence-electron chi connectivity index (χ4n) is 4.60. The van der Waals surface area contributed by atoms with E-state index in [4.69, 9.17) is 0 Å². The number of nitrogens with zero attached hydrogens (tertiary/aromatic N) is 3. The number of H-pyrrole nitrogens is 1. The monoisotopic (exact) mass is 544 g/mol. The maximum atomic E-state index is 13.5. The lowest BCUT2D eigenvalue weighted by atomic mass is 9.91. The Bertz CT molecular complexity index is 1600. The lowest BCUT2D eigenvalue weighted by Crippen LogP contribution is -2.26. The van der Waals surface area contributed by atoms with Gasteiger partial charge in [0, 0.05) is 45.9 Å². The number of amides is 1. The van der Waals surface area contributed by atoms with E-state index in [1.54, 1.807) is 19.1 Å². The molecule has 1 unspecified atom stereocenters. The van der Waals surface area contributed by atoms with Crippen molar-refractivity contribution in [1.29, 1.82) is 0 Å². The topological polar surface area (TPSA) is 109 Å². The molecule has 1 aromatic heterocycles. The van der Waals surface area contributed by atoms with Gasteiger partial charge in [-0.05, 0) is 29.3 Å². The number of hydrazone groups is 1. The van der Waals surface area contributed by atoms with Crippen LogP contribution in [0.5, 0.6) is 0 Å². The maximum absolute atomic E-state index is 13.5. The number of carbonyl (C=O) groups is 1. The standard InChI is InChI=1S/C27H21BrN4O4/c1-2-24(33)31-23(17-9-6-10-19(13-17)32(35)36)15-22(30-31)26-25(16-7-4-3-5-8-16)20-14-18(28)11-12-21(20)29-27(26)34/h3-14,23H,2,15H2,1H3,(H,29,34). The van der Waals surface area contributed by atoms with Crippen LogP contribution in [0.2, 0.25) is 0 Å². The van der Waals surface area contributed by atoms with Crippen molar-refractivity contribution in [3.8, 4) is 11.1 Å². The Labute approximate surface area is 214 Å². The quantitative estimate of drug-likeness (QED) is 0.247. The zero-order valence-electron chi connectivity index (χ0n) is 19.3. The van der Waals surface area contributed by atoms with Crippen molar-refractivity contribution in [2.24, 2.45) is 5.10 Å². The number of hydrogen-bond donors (Lipinski definition) is 1. The van der Waals surface area contributed by atoms with Crippen LogP contribution in [0.1, 0.15) is 36.9 Å². The molecule has 180 valence electrons.